The SMILES string of the molecule is CC(CC(c1cccc2c1C(C(=O)NCC(F)(F)F)c1ccccc1-2)N1CCCC1)NC(=O)c1ccccc1. The van der Waals surface area contributed by atoms with Crippen molar-refractivity contribution in [3.63, 3.8) is 0 Å². The summed E-state index contributed by atoms with van der Waals surface area (Å²) in [5, 5.41) is 5.24. The number of hydrogen-bond acceptors (Lipinski definition) is 3. The second-order valence-corrected chi connectivity index (χ2v) is 10.4. The maximum atomic E-state index is 13.4. The number of rotatable bonds is 8. The van der Waals surface area contributed by atoms with Gasteiger partial charge in [0.2, 0.25) is 5.91 Å². The molecule has 1 saturated heterocycles. The highest BCUT2D eigenvalue weighted by molar-refractivity contribution is 5.97. The molecule has 3 unspecified atom stereocenters. The average molecular weight is 536 g/mol. The Bertz CT molecular complexity index is 1340. The summed E-state index contributed by atoms with van der Waals surface area (Å²) in [5.74, 6) is -1.65. The molecule has 5 rings (SSSR count). The van der Waals surface area contributed by atoms with E-state index < -0.39 is 24.5 Å². The molecule has 1 heterocycles. The van der Waals surface area contributed by atoms with Crippen LogP contribution in [0.4, 0.5) is 13.2 Å². The van der Waals surface area contributed by atoms with Crippen LogP contribution in [0.25, 0.3) is 11.1 Å². The largest absolute Gasteiger partial charge is 0.405 e. The Labute approximate surface area is 226 Å². The van der Waals surface area contributed by atoms with Crippen molar-refractivity contribution in [3.8, 4) is 11.1 Å². The second kappa shape index (κ2) is 11.2. The first-order valence-electron chi connectivity index (χ1n) is 13.4. The first kappa shape index (κ1) is 26.9. The molecule has 0 bridgehead atoms. The van der Waals surface area contributed by atoms with Gasteiger partial charge in [-0.2, -0.15) is 13.2 Å². The lowest BCUT2D eigenvalue weighted by Gasteiger charge is -2.33. The van der Waals surface area contributed by atoms with Gasteiger partial charge in [0.15, 0.2) is 0 Å². The first-order valence-corrected chi connectivity index (χ1v) is 13.4. The molecule has 2 N–H and O–H groups in total. The van der Waals surface area contributed by atoms with Gasteiger partial charge in [0.05, 0.1) is 5.92 Å². The highest BCUT2D eigenvalue weighted by atomic mass is 19.4. The minimum atomic E-state index is -4.50. The lowest BCUT2D eigenvalue weighted by atomic mass is 9.86. The number of likely N-dealkylation sites (tertiary alicyclic amines) is 1. The predicted molar refractivity (Wildman–Crippen MR) is 144 cm³/mol. The molecule has 2 aliphatic rings. The monoisotopic (exact) mass is 535 g/mol. The van der Waals surface area contributed by atoms with Crippen molar-refractivity contribution in [2.24, 2.45) is 0 Å². The standard InChI is InChI=1S/C31H32F3N3O2/c1-20(36-29(38)21-10-3-2-4-11-21)18-26(37-16-7-8-17-37)25-15-9-14-23-22-12-5-6-13-24(22)28(27(23)25)30(39)35-19-31(32,33)34/h2-6,9-15,20,26,28H,7-8,16-19H2,1H3,(H,35,39)(H,36,38). The summed E-state index contributed by atoms with van der Waals surface area (Å²) >= 11 is 0. The van der Waals surface area contributed by atoms with Crippen molar-refractivity contribution in [2.75, 3.05) is 19.6 Å². The molecule has 5 nitrogen and oxygen atoms in total. The minimum absolute atomic E-state index is 0.110. The van der Waals surface area contributed by atoms with Gasteiger partial charge in [-0.25, -0.2) is 0 Å². The maximum absolute atomic E-state index is 13.4. The van der Waals surface area contributed by atoms with Crippen molar-refractivity contribution in [1.29, 1.82) is 0 Å². The molecule has 1 aliphatic carbocycles. The van der Waals surface area contributed by atoms with Gasteiger partial charge < -0.3 is 10.6 Å². The van der Waals surface area contributed by atoms with E-state index in [1.54, 1.807) is 12.1 Å². The Morgan fingerprint density at radius 2 is 1.59 bits per heavy atom. The van der Waals surface area contributed by atoms with Gasteiger partial charge in [0, 0.05) is 17.6 Å². The number of benzene rings is 3. The molecule has 0 aromatic heterocycles. The summed E-state index contributed by atoms with van der Waals surface area (Å²) in [6.45, 7) is 2.35. The van der Waals surface area contributed by atoms with E-state index in [2.05, 4.69) is 15.5 Å². The van der Waals surface area contributed by atoms with Gasteiger partial charge in [0.25, 0.3) is 5.91 Å². The number of carbonyl (C=O) groups is 2. The molecular formula is C31H32F3N3O2. The number of amides is 2. The highest BCUT2D eigenvalue weighted by Gasteiger charge is 2.40. The Morgan fingerprint density at radius 3 is 2.31 bits per heavy atom. The van der Waals surface area contributed by atoms with E-state index in [4.69, 9.17) is 0 Å². The summed E-state index contributed by atoms with van der Waals surface area (Å²) in [7, 11) is 0. The fourth-order valence-electron chi connectivity index (χ4n) is 5.96. The van der Waals surface area contributed by atoms with Crippen molar-refractivity contribution >= 4 is 11.8 Å². The molecule has 8 heteroatoms. The zero-order valence-corrected chi connectivity index (χ0v) is 21.8. The molecule has 1 aliphatic heterocycles. The molecular weight excluding hydrogens is 503 g/mol. The predicted octanol–water partition coefficient (Wildman–Crippen LogP) is 5.82. The number of hydrogen-bond donors (Lipinski definition) is 2. The molecule has 1 fully saturated rings. The van der Waals surface area contributed by atoms with E-state index in [0.717, 1.165) is 48.2 Å². The second-order valence-electron chi connectivity index (χ2n) is 10.4. The van der Waals surface area contributed by atoms with Crippen molar-refractivity contribution in [3.05, 3.63) is 95.1 Å². The molecule has 0 saturated carbocycles. The van der Waals surface area contributed by atoms with Crippen molar-refractivity contribution < 1.29 is 22.8 Å². The zero-order valence-electron chi connectivity index (χ0n) is 21.8. The Hall–Kier alpha value is -3.65. The molecule has 204 valence electrons. The number of nitrogens with zero attached hydrogens (tertiary/aromatic N) is 1. The lowest BCUT2D eigenvalue weighted by Crippen LogP contribution is -2.39. The third kappa shape index (κ3) is 5.86. The topological polar surface area (TPSA) is 61.4 Å². The molecule has 39 heavy (non-hydrogen) atoms. The number of halogens is 3. The maximum Gasteiger partial charge on any atom is 0.405 e. The van der Waals surface area contributed by atoms with E-state index in [0.29, 0.717) is 17.5 Å². The van der Waals surface area contributed by atoms with Gasteiger partial charge in [-0.15, -0.1) is 0 Å². The van der Waals surface area contributed by atoms with Crippen LogP contribution in [-0.4, -0.2) is 48.6 Å². The Balaban J connectivity index is 1.50. The van der Waals surface area contributed by atoms with Gasteiger partial charge in [-0.1, -0.05) is 60.7 Å². The molecule has 2 amide bonds. The third-order valence-electron chi connectivity index (χ3n) is 7.65. The number of carbonyl (C=O) groups excluding carboxylic acids is 2. The average Bonchev–Trinajstić information content (AvgIpc) is 3.57. The summed E-state index contributed by atoms with van der Waals surface area (Å²) in [5.41, 5.74) is 4.73. The summed E-state index contributed by atoms with van der Waals surface area (Å²) < 4.78 is 39.1. The Morgan fingerprint density at radius 1 is 0.923 bits per heavy atom. The highest BCUT2D eigenvalue weighted by Crippen LogP contribution is 2.49. The molecule has 3 aromatic carbocycles. The first-order chi connectivity index (χ1) is 18.7. The smallest absolute Gasteiger partial charge is 0.350 e. The molecule has 3 aromatic rings. The van der Waals surface area contributed by atoms with E-state index >= 15 is 0 Å². The van der Waals surface area contributed by atoms with E-state index in [1.807, 2.05) is 67.6 Å². The van der Waals surface area contributed by atoms with E-state index in [1.165, 1.54) is 0 Å². The number of alkyl halides is 3. The van der Waals surface area contributed by atoms with E-state index in [-0.39, 0.29) is 18.0 Å². The van der Waals surface area contributed by atoms with Gasteiger partial charge in [0.1, 0.15) is 6.54 Å². The number of nitrogens with one attached hydrogen (secondary N) is 2. The normalized spacial score (nSPS) is 18.2. The summed E-state index contributed by atoms with van der Waals surface area (Å²) in [6, 6.07) is 22.1. The summed E-state index contributed by atoms with van der Waals surface area (Å²) in [4.78, 5) is 28.6. The molecule has 0 radical (unpaired) electrons. The number of fused-ring (bicyclic) bond motifs is 3. The van der Waals surface area contributed by atoms with Gasteiger partial charge in [-0.05, 0) is 79.2 Å². The zero-order chi connectivity index (χ0) is 27.6. The van der Waals surface area contributed by atoms with E-state index in [9.17, 15) is 22.8 Å². The quantitative estimate of drug-likeness (QED) is 0.382. The third-order valence-corrected chi connectivity index (χ3v) is 7.65. The van der Waals surface area contributed by atoms with Crippen LogP contribution in [-0.2, 0) is 4.79 Å². The molecule has 0 spiro atoms. The van der Waals surface area contributed by atoms with Crippen LogP contribution in [0.2, 0.25) is 0 Å². The summed E-state index contributed by atoms with van der Waals surface area (Å²) in [6.07, 6.45) is -1.80. The van der Waals surface area contributed by atoms with Crippen molar-refractivity contribution in [2.45, 2.75) is 50.4 Å². The fourth-order valence-corrected chi connectivity index (χ4v) is 5.96. The van der Waals surface area contributed by atoms with Gasteiger partial charge in [-0.3, -0.25) is 14.5 Å². The van der Waals surface area contributed by atoms with Gasteiger partial charge >= 0.3 is 6.18 Å². The lowest BCUT2D eigenvalue weighted by molar-refractivity contribution is -0.138. The Kier molecular flexibility index (Phi) is 7.75. The van der Waals surface area contributed by atoms with Crippen LogP contribution in [0.15, 0.2) is 72.8 Å². The molecule has 3 atom stereocenters. The van der Waals surface area contributed by atoms with Crippen LogP contribution in [0.1, 0.15) is 65.2 Å². The van der Waals surface area contributed by atoms with Crippen LogP contribution in [0.3, 0.4) is 0 Å². The fraction of sp³-hybridized carbons (Fsp3) is 0.355. The minimum Gasteiger partial charge on any atom is -0.350 e. The van der Waals surface area contributed by atoms with Crippen LogP contribution >= 0.6 is 0 Å². The van der Waals surface area contributed by atoms with Crippen LogP contribution in [0.5, 0.6) is 0 Å². The van der Waals surface area contributed by atoms with Crippen molar-refractivity contribution in [1.82, 2.24) is 15.5 Å². The van der Waals surface area contributed by atoms with Crippen LogP contribution in [0, 0.1) is 0 Å². The van der Waals surface area contributed by atoms with Crippen LogP contribution < -0.4 is 10.6 Å².